The summed E-state index contributed by atoms with van der Waals surface area (Å²) in [5.74, 6) is 0.735. The molecule has 6 heteroatoms. The third kappa shape index (κ3) is 4.37. The van der Waals surface area contributed by atoms with Crippen LogP contribution in [0.25, 0.3) is 0 Å². The van der Waals surface area contributed by atoms with E-state index in [4.69, 9.17) is 15.4 Å². The van der Waals surface area contributed by atoms with E-state index >= 15 is 0 Å². The van der Waals surface area contributed by atoms with E-state index in [1.807, 2.05) is 25.1 Å². The van der Waals surface area contributed by atoms with Crippen molar-refractivity contribution < 1.29 is 13.2 Å². The van der Waals surface area contributed by atoms with E-state index < -0.39 is 9.05 Å². The van der Waals surface area contributed by atoms with Crippen molar-refractivity contribution in [1.29, 1.82) is 0 Å². The van der Waals surface area contributed by atoms with Gasteiger partial charge in [-0.05, 0) is 53.4 Å². The number of hydrogen-bond donors (Lipinski definition) is 0. The molecule has 1 fully saturated rings. The van der Waals surface area contributed by atoms with Gasteiger partial charge in [-0.2, -0.15) is 0 Å². The lowest BCUT2D eigenvalue weighted by atomic mass is 9.90. The summed E-state index contributed by atoms with van der Waals surface area (Å²) >= 11 is 3.47. The molecule has 0 saturated heterocycles. The molecular weight excluding hydrogens is 364 g/mol. The second-order valence-corrected chi connectivity index (χ2v) is 9.24. The molecular formula is C14H18BrClO3S. The summed E-state index contributed by atoms with van der Waals surface area (Å²) in [6.07, 6.45) is 3.76. The van der Waals surface area contributed by atoms with Crippen molar-refractivity contribution in [3.63, 3.8) is 0 Å². The largest absolute Gasteiger partial charge is 0.492 e. The summed E-state index contributed by atoms with van der Waals surface area (Å²) in [5, 5.41) is 0. The standard InChI is InChI=1S/C14H18BrClO3S/c1-11-4-5-13(12(15)8-11)19-9-14(6-2-3-7-14)10-20(16,17)18/h4-5,8H,2-3,6-7,9-10H2,1H3. The van der Waals surface area contributed by atoms with E-state index in [0.29, 0.717) is 6.61 Å². The Morgan fingerprint density at radius 1 is 1.35 bits per heavy atom. The van der Waals surface area contributed by atoms with Crippen LogP contribution in [0, 0.1) is 12.3 Å². The van der Waals surface area contributed by atoms with Crippen molar-refractivity contribution in [3.8, 4) is 5.75 Å². The number of halogens is 2. The van der Waals surface area contributed by atoms with Gasteiger partial charge in [-0.15, -0.1) is 0 Å². The van der Waals surface area contributed by atoms with Gasteiger partial charge in [0.1, 0.15) is 5.75 Å². The molecule has 0 unspecified atom stereocenters. The Bertz CT molecular complexity index is 580. The van der Waals surface area contributed by atoms with Gasteiger partial charge in [0.15, 0.2) is 0 Å². The van der Waals surface area contributed by atoms with Gasteiger partial charge in [-0.3, -0.25) is 0 Å². The van der Waals surface area contributed by atoms with Crippen molar-refractivity contribution in [1.82, 2.24) is 0 Å². The molecule has 2 rings (SSSR count). The zero-order valence-corrected chi connectivity index (χ0v) is 14.5. The fourth-order valence-electron chi connectivity index (χ4n) is 2.77. The van der Waals surface area contributed by atoms with E-state index in [2.05, 4.69) is 15.9 Å². The smallest absolute Gasteiger partial charge is 0.233 e. The van der Waals surface area contributed by atoms with Gasteiger partial charge < -0.3 is 4.74 Å². The Kier molecular flexibility index (Phi) is 5.03. The van der Waals surface area contributed by atoms with Gasteiger partial charge in [0, 0.05) is 16.1 Å². The fourth-order valence-corrected chi connectivity index (χ4v) is 5.18. The van der Waals surface area contributed by atoms with E-state index in [1.54, 1.807) is 0 Å². The van der Waals surface area contributed by atoms with Crippen LogP contribution in [0.1, 0.15) is 31.2 Å². The van der Waals surface area contributed by atoms with Crippen LogP contribution in [-0.2, 0) is 9.05 Å². The predicted octanol–water partition coefficient (Wildman–Crippen LogP) is 4.27. The first-order chi connectivity index (χ1) is 9.30. The molecule has 3 nitrogen and oxygen atoms in total. The molecule has 0 amide bonds. The first kappa shape index (κ1) is 16.1. The number of rotatable bonds is 5. The third-order valence-electron chi connectivity index (χ3n) is 3.76. The minimum atomic E-state index is -3.51. The monoisotopic (exact) mass is 380 g/mol. The van der Waals surface area contributed by atoms with Crippen molar-refractivity contribution in [2.45, 2.75) is 32.6 Å². The van der Waals surface area contributed by atoms with Crippen LogP contribution in [0.5, 0.6) is 5.75 Å². The molecule has 1 aromatic rings. The SMILES string of the molecule is Cc1ccc(OCC2(CS(=O)(=O)Cl)CCCC2)c(Br)c1. The minimum absolute atomic E-state index is 0.00889. The van der Waals surface area contributed by atoms with Gasteiger partial charge in [-0.1, -0.05) is 18.9 Å². The van der Waals surface area contributed by atoms with Gasteiger partial charge in [0.2, 0.25) is 9.05 Å². The molecule has 112 valence electrons. The Balaban J connectivity index is 2.09. The maximum Gasteiger partial charge on any atom is 0.233 e. The average molecular weight is 382 g/mol. The Morgan fingerprint density at radius 3 is 2.55 bits per heavy atom. The van der Waals surface area contributed by atoms with Crippen LogP contribution in [0.3, 0.4) is 0 Å². The number of aryl methyl sites for hydroxylation is 1. The molecule has 1 aliphatic carbocycles. The van der Waals surface area contributed by atoms with E-state index in [9.17, 15) is 8.42 Å². The molecule has 0 heterocycles. The summed E-state index contributed by atoms with van der Waals surface area (Å²) in [5.41, 5.74) is 0.799. The van der Waals surface area contributed by atoms with Crippen molar-refractivity contribution in [2.24, 2.45) is 5.41 Å². The second kappa shape index (κ2) is 6.24. The van der Waals surface area contributed by atoms with E-state index in [1.165, 1.54) is 0 Å². The van der Waals surface area contributed by atoms with Crippen LogP contribution in [-0.4, -0.2) is 20.8 Å². The van der Waals surface area contributed by atoms with Crippen molar-refractivity contribution >= 4 is 35.7 Å². The second-order valence-electron chi connectivity index (χ2n) is 5.61. The van der Waals surface area contributed by atoms with Gasteiger partial charge in [-0.25, -0.2) is 8.42 Å². The topological polar surface area (TPSA) is 43.4 Å². The number of ether oxygens (including phenoxy) is 1. The van der Waals surface area contributed by atoms with E-state index in [0.717, 1.165) is 41.5 Å². The third-order valence-corrected chi connectivity index (χ3v) is 5.67. The number of benzene rings is 1. The van der Waals surface area contributed by atoms with Crippen LogP contribution >= 0.6 is 26.6 Å². The highest BCUT2D eigenvalue weighted by Crippen LogP contribution is 2.41. The molecule has 0 atom stereocenters. The van der Waals surface area contributed by atoms with Crippen molar-refractivity contribution in [3.05, 3.63) is 28.2 Å². The molecule has 1 aromatic carbocycles. The van der Waals surface area contributed by atoms with Gasteiger partial charge in [0.05, 0.1) is 16.8 Å². The van der Waals surface area contributed by atoms with Gasteiger partial charge in [0.25, 0.3) is 0 Å². The molecule has 0 spiro atoms. The van der Waals surface area contributed by atoms with Crippen LogP contribution in [0.4, 0.5) is 0 Å². The Morgan fingerprint density at radius 2 is 2.00 bits per heavy atom. The summed E-state index contributed by atoms with van der Waals surface area (Å²) in [6, 6.07) is 5.85. The number of hydrogen-bond acceptors (Lipinski definition) is 3. The molecule has 0 N–H and O–H groups in total. The minimum Gasteiger partial charge on any atom is -0.492 e. The lowest BCUT2D eigenvalue weighted by Gasteiger charge is -2.27. The zero-order chi connectivity index (χ0) is 14.8. The zero-order valence-electron chi connectivity index (χ0n) is 11.4. The van der Waals surface area contributed by atoms with Crippen LogP contribution in [0.15, 0.2) is 22.7 Å². The highest BCUT2D eigenvalue weighted by Gasteiger charge is 2.38. The quantitative estimate of drug-likeness (QED) is 0.716. The maximum atomic E-state index is 11.4. The predicted molar refractivity (Wildman–Crippen MR) is 84.9 cm³/mol. The van der Waals surface area contributed by atoms with E-state index in [-0.39, 0.29) is 11.2 Å². The average Bonchev–Trinajstić information content (AvgIpc) is 2.74. The highest BCUT2D eigenvalue weighted by atomic mass is 79.9. The first-order valence-corrected chi connectivity index (χ1v) is 9.88. The molecule has 0 bridgehead atoms. The molecule has 0 aromatic heterocycles. The highest BCUT2D eigenvalue weighted by molar-refractivity contribution is 9.10. The Labute approximate surface area is 133 Å². The molecule has 1 aliphatic rings. The van der Waals surface area contributed by atoms with Crippen molar-refractivity contribution in [2.75, 3.05) is 12.4 Å². The molecule has 1 saturated carbocycles. The summed E-state index contributed by atoms with van der Waals surface area (Å²) in [4.78, 5) is 0. The fraction of sp³-hybridized carbons (Fsp3) is 0.571. The van der Waals surface area contributed by atoms with Crippen LogP contribution in [0.2, 0.25) is 0 Å². The molecule has 0 aliphatic heterocycles. The van der Waals surface area contributed by atoms with Gasteiger partial charge >= 0.3 is 0 Å². The summed E-state index contributed by atoms with van der Waals surface area (Å²) < 4.78 is 29.6. The summed E-state index contributed by atoms with van der Waals surface area (Å²) in [7, 11) is 1.94. The summed E-state index contributed by atoms with van der Waals surface area (Å²) in [6.45, 7) is 2.40. The molecule has 20 heavy (non-hydrogen) atoms. The lowest BCUT2D eigenvalue weighted by Crippen LogP contribution is -2.32. The van der Waals surface area contributed by atoms with Crippen LogP contribution < -0.4 is 4.74 Å². The molecule has 0 radical (unpaired) electrons. The lowest BCUT2D eigenvalue weighted by molar-refractivity contribution is 0.170. The normalized spacial score (nSPS) is 18.1. The first-order valence-electron chi connectivity index (χ1n) is 6.61. The maximum absolute atomic E-state index is 11.4. The Hall–Kier alpha value is -0.260.